The van der Waals surface area contributed by atoms with Crippen LogP contribution in [0.3, 0.4) is 0 Å². The highest BCUT2D eigenvalue weighted by molar-refractivity contribution is 5.97. The second kappa shape index (κ2) is 8.33. The Kier molecular flexibility index (Phi) is 5.89. The summed E-state index contributed by atoms with van der Waals surface area (Å²) in [5.41, 5.74) is 2.34. The molecule has 0 aromatic heterocycles. The Hall–Kier alpha value is -2.69. The third kappa shape index (κ3) is 4.35. The first kappa shape index (κ1) is 19.1. The van der Waals surface area contributed by atoms with Crippen molar-refractivity contribution >= 4 is 11.8 Å². The van der Waals surface area contributed by atoms with Crippen molar-refractivity contribution in [2.45, 2.75) is 45.2 Å². The van der Waals surface area contributed by atoms with Gasteiger partial charge in [0.25, 0.3) is 5.91 Å². The van der Waals surface area contributed by atoms with Gasteiger partial charge in [-0.25, -0.2) is 4.39 Å². The van der Waals surface area contributed by atoms with Gasteiger partial charge in [0.05, 0.1) is 11.6 Å². The molecule has 0 unspecified atom stereocenters. The number of halogens is 1. The van der Waals surface area contributed by atoms with Crippen LogP contribution in [-0.4, -0.2) is 17.9 Å². The molecule has 142 valence electrons. The van der Waals surface area contributed by atoms with Crippen molar-refractivity contribution in [3.63, 3.8) is 0 Å². The summed E-state index contributed by atoms with van der Waals surface area (Å²) in [5.74, 6) is -1.54. The maximum atomic E-state index is 13.9. The lowest BCUT2D eigenvalue weighted by molar-refractivity contribution is -0.124. The van der Waals surface area contributed by atoms with E-state index in [4.69, 9.17) is 0 Å². The molecule has 2 aromatic carbocycles. The van der Waals surface area contributed by atoms with Crippen LogP contribution in [0, 0.1) is 11.7 Å². The summed E-state index contributed by atoms with van der Waals surface area (Å²) < 4.78 is 13.9. The van der Waals surface area contributed by atoms with Gasteiger partial charge >= 0.3 is 0 Å². The summed E-state index contributed by atoms with van der Waals surface area (Å²) in [4.78, 5) is 25.3. The molecular weight excluding hydrogens is 343 g/mol. The van der Waals surface area contributed by atoms with Crippen LogP contribution in [0.2, 0.25) is 0 Å². The first-order valence-corrected chi connectivity index (χ1v) is 9.41. The molecule has 1 aliphatic carbocycles. The Bertz CT molecular complexity index is 835. The third-order valence-electron chi connectivity index (χ3n) is 5.04. The second-order valence-corrected chi connectivity index (χ2v) is 7.33. The smallest absolute Gasteiger partial charge is 0.254 e. The van der Waals surface area contributed by atoms with E-state index in [9.17, 15) is 14.0 Å². The zero-order valence-corrected chi connectivity index (χ0v) is 15.7. The average molecular weight is 368 g/mol. The first-order chi connectivity index (χ1) is 13.0. The normalized spacial score (nSPS) is 17.1. The molecule has 0 saturated carbocycles. The molecular formula is C22H25FN2O2. The van der Waals surface area contributed by atoms with Gasteiger partial charge in [-0.1, -0.05) is 50.2 Å². The minimum atomic E-state index is -0.730. The number of rotatable bonds is 5. The Labute approximate surface area is 159 Å². The van der Waals surface area contributed by atoms with E-state index in [1.54, 1.807) is 6.07 Å². The van der Waals surface area contributed by atoms with Crippen molar-refractivity contribution in [3.05, 3.63) is 71.0 Å². The predicted octanol–water partition coefficient (Wildman–Crippen LogP) is 3.77. The number of hydrogen-bond donors (Lipinski definition) is 2. The van der Waals surface area contributed by atoms with E-state index in [-0.39, 0.29) is 23.4 Å². The Morgan fingerprint density at radius 3 is 2.52 bits per heavy atom. The largest absolute Gasteiger partial charge is 0.347 e. The Balaban J connectivity index is 1.73. The van der Waals surface area contributed by atoms with Crippen molar-refractivity contribution in [2.75, 3.05) is 0 Å². The SMILES string of the molecule is CC(C)[C@@H](NC(=O)c1ccccc1F)C(=O)N[C@@H]1CCCc2ccccc21. The Morgan fingerprint density at radius 2 is 1.78 bits per heavy atom. The van der Waals surface area contributed by atoms with Gasteiger partial charge in [-0.2, -0.15) is 0 Å². The van der Waals surface area contributed by atoms with Crippen LogP contribution in [0.4, 0.5) is 4.39 Å². The summed E-state index contributed by atoms with van der Waals surface area (Å²) in [6.45, 7) is 3.72. The standard InChI is InChI=1S/C22H25FN2O2/c1-14(2)20(25-21(26)17-11-5-6-12-18(17)23)22(27)24-19-13-7-9-15-8-3-4-10-16(15)19/h3-6,8,10-12,14,19-20H,7,9,13H2,1-2H3,(H,24,27)(H,25,26)/t19-,20-/m1/s1. The molecule has 2 N–H and O–H groups in total. The summed E-state index contributed by atoms with van der Waals surface area (Å²) >= 11 is 0. The highest BCUT2D eigenvalue weighted by Gasteiger charge is 2.29. The Morgan fingerprint density at radius 1 is 1.07 bits per heavy atom. The minimum absolute atomic E-state index is 0.0565. The zero-order valence-electron chi connectivity index (χ0n) is 15.7. The average Bonchev–Trinajstić information content (AvgIpc) is 2.66. The molecule has 3 rings (SSSR count). The fraction of sp³-hybridized carbons (Fsp3) is 0.364. The number of fused-ring (bicyclic) bond motifs is 1. The lowest BCUT2D eigenvalue weighted by Crippen LogP contribution is -2.50. The molecule has 2 amide bonds. The molecule has 2 atom stereocenters. The molecule has 0 saturated heterocycles. The number of carbonyl (C=O) groups is 2. The number of nitrogens with one attached hydrogen (secondary N) is 2. The number of hydrogen-bond acceptors (Lipinski definition) is 2. The van der Waals surface area contributed by atoms with E-state index in [1.165, 1.54) is 23.8 Å². The van der Waals surface area contributed by atoms with E-state index in [0.717, 1.165) is 24.8 Å². The molecule has 0 aliphatic heterocycles. The van der Waals surface area contributed by atoms with Crippen molar-refractivity contribution in [1.29, 1.82) is 0 Å². The van der Waals surface area contributed by atoms with Crippen LogP contribution in [0.25, 0.3) is 0 Å². The van der Waals surface area contributed by atoms with Crippen LogP contribution >= 0.6 is 0 Å². The number of amides is 2. The quantitative estimate of drug-likeness (QED) is 0.844. The van der Waals surface area contributed by atoms with Gasteiger partial charge in [0.1, 0.15) is 11.9 Å². The molecule has 1 aliphatic rings. The first-order valence-electron chi connectivity index (χ1n) is 9.41. The monoisotopic (exact) mass is 368 g/mol. The van der Waals surface area contributed by atoms with Crippen molar-refractivity contribution in [1.82, 2.24) is 10.6 Å². The van der Waals surface area contributed by atoms with Gasteiger partial charge in [-0.3, -0.25) is 9.59 Å². The maximum Gasteiger partial charge on any atom is 0.254 e. The van der Waals surface area contributed by atoms with Gasteiger partial charge in [0.15, 0.2) is 0 Å². The summed E-state index contributed by atoms with van der Waals surface area (Å²) in [6.07, 6.45) is 2.89. The highest BCUT2D eigenvalue weighted by Crippen LogP contribution is 2.29. The van der Waals surface area contributed by atoms with Crippen LogP contribution < -0.4 is 10.6 Å². The summed E-state index contributed by atoms with van der Waals surface area (Å²) in [6, 6.07) is 13.1. The van der Waals surface area contributed by atoms with Crippen molar-refractivity contribution in [2.24, 2.45) is 5.92 Å². The fourth-order valence-electron chi connectivity index (χ4n) is 3.56. The lowest BCUT2D eigenvalue weighted by Gasteiger charge is -2.29. The van der Waals surface area contributed by atoms with E-state index in [1.807, 2.05) is 32.0 Å². The topological polar surface area (TPSA) is 58.2 Å². The lowest BCUT2D eigenvalue weighted by atomic mass is 9.87. The third-order valence-corrected chi connectivity index (χ3v) is 5.04. The molecule has 0 heterocycles. The van der Waals surface area contributed by atoms with Gasteiger partial charge < -0.3 is 10.6 Å². The number of carbonyl (C=O) groups excluding carboxylic acids is 2. The zero-order chi connectivity index (χ0) is 19.4. The maximum absolute atomic E-state index is 13.9. The van der Waals surface area contributed by atoms with Crippen LogP contribution in [0.15, 0.2) is 48.5 Å². The van der Waals surface area contributed by atoms with Crippen LogP contribution in [0.5, 0.6) is 0 Å². The van der Waals surface area contributed by atoms with E-state index in [0.29, 0.717) is 0 Å². The van der Waals surface area contributed by atoms with Gasteiger partial charge in [-0.05, 0) is 48.4 Å². The molecule has 4 nitrogen and oxygen atoms in total. The number of aryl methyl sites for hydroxylation is 1. The molecule has 0 fully saturated rings. The second-order valence-electron chi connectivity index (χ2n) is 7.33. The van der Waals surface area contributed by atoms with Crippen LogP contribution in [-0.2, 0) is 11.2 Å². The molecule has 0 spiro atoms. The molecule has 2 aromatic rings. The summed E-state index contributed by atoms with van der Waals surface area (Å²) in [5, 5.41) is 5.78. The van der Waals surface area contributed by atoms with E-state index in [2.05, 4.69) is 16.7 Å². The van der Waals surface area contributed by atoms with Gasteiger partial charge in [-0.15, -0.1) is 0 Å². The van der Waals surface area contributed by atoms with Crippen molar-refractivity contribution < 1.29 is 14.0 Å². The predicted molar refractivity (Wildman–Crippen MR) is 103 cm³/mol. The molecule has 27 heavy (non-hydrogen) atoms. The summed E-state index contributed by atoms with van der Waals surface area (Å²) in [7, 11) is 0. The fourth-order valence-corrected chi connectivity index (χ4v) is 3.56. The van der Waals surface area contributed by atoms with E-state index < -0.39 is 17.8 Å². The van der Waals surface area contributed by atoms with E-state index >= 15 is 0 Å². The molecule has 0 radical (unpaired) electrons. The highest BCUT2D eigenvalue weighted by atomic mass is 19.1. The van der Waals surface area contributed by atoms with Crippen molar-refractivity contribution in [3.8, 4) is 0 Å². The molecule has 0 bridgehead atoms. The van der Waals surface area contributed by atoms with Gasteiger partial charge in [0, 0.05) is 0 Å². The minimum Gasteiger partial charge on any atom is -0.347 e. The number of benzene rings is 2. The van der Waals surface area contributed by atoms with Crippen LogP contribution in [0.1, 0.15) is 54.2 Å². The molecule has 5 heteroatoms. The van der Waals surface area contributed by atoms with Gasteiger partial charge in [0.2, 0.25) is 5.91 Å².